The fourth-order valence-electron chi connectivity index (χ4n) is 1.64. The summed E-state index contributed by atoms with van der Waals surface area (Å²) in [6.07, 6.45) is 0. The van der Waals surface area contributed by atoms with Crippen molar-refractivity contribution in [3.05, 3.63) is 58.1 Å². The zero-order chi connectivity index (χ0) is 16.1. The third-order valence-corrected chi connectivity index (χ3v) is 3.23. The van der Waals surface area contributed by atoms with E-state index >= 15 is 0 Å². The van der Waals surface area contributed by atoms with Crippen molar-refractivity contribution in [1.29, 1.82) is 0 Å². The van der Waals surface area contributed by atoms with Crippen molar-refractivity contribution in [1.82, 2.24) is 0 Å². The number of benzene rings is 2. The number of hydrogen-bond donors (Lipinski definition) is 2. The zero-order valence-electron chi connectivity index (χ0n) is 11.2. The van der Waals surface area contributed by atoms with Crippen molar-refractivity contribution in [3.8, 4) is 5.75 Å². The number of halogens is 2. The van der Waals surface area contributed by atoms with Crippen molar-refractivity contribution in [2.24, 2.45) is 0 Å². The molecule has 0 radical (unpaired) electrons. The molecule has 2 aromatic carbocycles. The lowest BCUT2D eigenvalue weighted by Gasteiger charge is -2.08. The van der Waals surface area contributed by atoms with E-state index in [2.05, 4.69) is 5.32 Å². The van der Waals surface area contributed by atoms with Gasteiger partial charge in [-0.1, -0.05) is 23.2 Å². The summed E-state index contributed by atoms with van der Waals surface area (Å²) in [5, 5.41) is 12.0. The molecule has 2 rings (SSSR count). The van der Waals surface area contributed by atoms with Gasteiger partial charge in [0.1, 0.15) is 5.75 Å². The molecule has 0 unspecified atom stereocenters. The van der Waals surface area contributed by atoms with E-state index in [0.29, 0.717) is 16.5 Å². The molecule has 0 fully saturated rings. The first kappa shape index (κ1) is 16.1. The van der Waals surface area contributed by atoms with E-state index < -0.39 is 11.9 Å². The second-order valence-corrected chi connectivity index (χ2v) is 5.13. The van der Waals surface area contributed by atoms with Crippen LogP contribution in [-0.2, 0) is 4.79 Å². The van der Waals surface area contributed by atoms with Crippen LogP contribution < -0.4 is 10.1 Å². The van der Waals surface area contributed by atoms with Gasteiger partial charge in [0.15, 0.2) is 6.61 Å². The van der Waals surface area contributed by atoms with Gasteiger partial charge in [0.2, 0.25) is 0 Å². The summed E-state index contributed by atoms with van der Waals surface area (Å²) < 4.78 is 5.29. The number of nitrogens with one attached hydrogen (secondary N) is 1. The molecular formula is C15H11Cl2NO4. The van der Waals surface area contributed by atoms with Gasteiger partial charge >= 0.3 is 5.97 Å². The summed E-state index contributed by atoms with van der Waals surface area (Å²) in [5.41, 5.74) is 0.358. The Bertz CT molecular complexity index is 701. The summed E-state index contributed by atoms with van der Waals surface area (Å²) in [6, 6.07) is 10.7. The van der Waals surface area contributed by atoms with Crippen LogP contribution in [0.15, 0.2) is 42.5 Å². The predicted octanol–water partition coefficient (Wildman–Crippen LogP) is 3.71. The molecule has 2 N–H and O–H groups in total. The molecule has 0 bridgehead atoms. The number of amides is 1. The number of rotatable bonds is 5. The van der Waals surface area contributed by atoms with E-state index in [-0.39, 0.29) is 17.2 Å². The number of ether oxygens (including phenoxy) is 1. The second-order valence-electron chi connectivity index (χ2n) is 4.29. The lowest BCUT2D eigenvalue weighted by atomic mass is 10.2. The van der Waals surface area contributed by atoms with Crippen LogP contribution in [0, 0.1) is 0 Å². The molecule has 1 amide bonds. The Morgan fingerprint density at radius 3 is 2.36 bits per heavy atom. The van der Waals surface area contributed by atoms with Gasteiger partial charge in [-0.05, 0) is 42.5 Å². The largest absolute Gasteiger partial charge is 0.484 e. The van der Waals surface area contributed by atoms with Crippen LogP contribution in [0.5, 0.6) is 5.75 Å². The molecule has 5 nitrogen and oxygen atoms in total. The van der Waals surface area contributed by atoms with Crippen LogP contribution in [0.2, 0.25) is 10.0 Å². The normalized spacial score (nSPS) is 10.1. The maximum atomic E-state index is 11.8. The van der Waals surface area contributed by atoms with Crippen LogP contribution >= 0.6 is 23.2 Å². The molecule has 114 valence electrons. The smallest absolute Gasteiger partial charge is 0.337 e. The Balaban J connectivity index is 1.93. The van der Waals surface area contributed by atoms with E-state index in [1.54, 1.807) is 24.3 Å². The fourth-order valence-corrected chi connectivity index (χ4v) is 2.03. The molecule has 0 atom stereocenters. The van der Waals surface area contributed by atoms with Gasteiger partial charge in [0, 0.05) is 10.7 Å². The summed E-state index contributed by atoms with van der Waals surface area (Å²) in [6.45, 7) is -0.195. The van der Waals surface area contributed by atoms with Gasteiger partial charge in [-0.3, -0.25) is 4.79 Å². The van der Waals surface area contributed by atoms with E-state index in [1.165, 1.54) is 18.2 Å². The van der Waals surface area contributed by atoms with Gasteiger partial charge in [-0.2, -0.15) is 0 Å². The average molecular weight is 340 g/mol. The Labute approximate surface area is 136 Å². The lowest BCUT2D eigenvalue weighted by Crippen LogP contribution is -2.20. The first-order chi connectivity index (χ1) is 10.5. The molecule has 7 heteroatoms. The minimum atomic E-state index is -1.13. The first-order valence-electron chi connectivity index (χ1n) is 6.17. The van der Waals surface area contributed by atoms with Crippen LogP contribution in [-0.4, -0.2) is 23.6 Å². The first-order valence-corrected chi connectivity index (χ1v) is 6.92. The van der Waals surface area contributed by atoms with Crippen LogP contribution in [0.25, 0.3) is 0 Å². The van der Waals surface area contributed by atoms with Crippen LogP contribution in [0.3, 0.4) is 0 Å². The van der Waals surface area contributed by atoms with Crippen LogP contribution in [0.1, 0.15) is 10.4 Å². The molecule has 0 saturated carbocycles. The maximum absolute atomic E-state index is 11.8. The summed E-state index contributed by atoms with van der Waals surface area (Å²) in [4.78, 5) is 22.6. The molecule has 0 aliphatic heterocycles. The number of carbonyl (C=O) groups is 2. The number of carboxylic acid groups (broad SMARTS) is 1. The lowest BCUT2D eigenvalue weighted by molar-refractivity contribution is -0.118. The monoisotopic (exact) mass is 339 g/mol. The number of carboxylic acids is 1. The number of anilines is 1. The van der Waals surface area contributed by atoms with E-state index in [1.807, 2.05) is 0 Å². The van der Waals surface area contributed by atoms with Crippen molar-refractivity contribution in [2.75, 3.05) is 11.9 Å². The minimum Gasteiger partial charge on any atom is -0.484 e. The highest BCUT2D eigenvalue weighted by Gasteiger charge is 2.10. The quantitative estimate of drug-likeness (QED) is 0.870. The van der Waals surface area contributed by atoms with Gasteiger partial charge in [0.05, 0.1) is 10.6 Å². The number of aromatic carboxylic acids is 1. The molecule has 0 aliphatic carbocycles. The zero-order valence-corrected chi connectivity index (χ0v) is 12.7. The van der Waals surface area contributed by atoms with Crippen molar-refractivity contribution in [3.63, 3.8) is 0 Å². The average Bonchev–Trinajstić information content (AvgIpc) is 2.46. The second kappa shape index (κ2) is 7.15. The Hall–Kier alpha value is -2.24. The van der Waals surface area contributed by atoms with Gasteiger partial charge in [-0.25, -0.2) is 4.79 Å². The summed E-state index contributed by atoms with van der Waals surface area (Å²) >= 11 is 11.6. The third-order valence-electron chi connectivity index (χ3n) is 2.67. The summed E-state index contributed by atoms with van der Waals surface area (Å²) in [5.74, 6) is -1.01. The van der Waals surface area contributed by atoms with Crippen molar-refractivity contribution in [2.45, 2.75) is 0 Å². The molecule has 2 aromatic rings. The topological polar surface area (TPSA) is 75.6 Å². The molecule has 0 heterocycles. The Morgan fingerprint density at radius 1 is 1.09 bits per heavy atom. The van der Waals surface area contributed by atoms with Crippen LogP contribution in [0.4, 0.5) is 5.69 Å². The fraction of sp³-hybridized carbons (Fsp3) is 0.0667. The van der Waals surface area contributed by atoms with Gasteiger partial charge in [-0.15, -0.1) is 0 Å². The SMILES string of the molecule is O=C(COc1ccc(Cl)cc1)Nc1ccc(C(=O)O)c(Cl)c1. The van der Waals surface area contributed by atoms with E-state index in [0.717, 1.165) is 0 Å². The standard InChI is InChI=1S/C15H11Cl2NO4/c16-9-1-4-11(5-2-9)22-8-14(19)18-10-3-6-12(15(20)21)13(17)7-10/h1-7H,8H2,(H,18,19)(H,20,21). The highest BCUT2D eigenvalue weighted by molar-refractivity contribution is 6.33. The summed E-state index contributed by atoms with van der Waals surface area (Å²) in [7, 11) is 0. The molecule has 0 aromatic heterocycles. The highest BCUT2D eigenvalue weighted by Crippen LogP contribution is 2.21. The highest BCUT2D eigenvalue weighted by atomic mass is 35.5. The molecular weight excluding hydrogens is 329 g/mol. The minimum absolute atomic E-state index is 0.0305. The molecule has 0 spiro atoms. The number of hydrogen-bond acceptors (Lipinski definition) is 3. The van der Waals surface area contributed by atoms with Crippen molar-refractivity contribution >= 4 is 40.8 Å². The Morgan fingerprint density at radius 2 is 1.77 bits per heavy atom. The maximum Gasteiger partial charge on any atom is 0.337 e. The van der Waals surface area contributed by atoms with E-state index in [4.69, 9.17) is 33.0 Å². The Kier molecular flexibility index (Phi) is 5.25. The molecule has 22 heavy (non-hydrogen) atoms. The molecule has 0 saturated heterocycles. The van der Waals surface area contributed by atoms with Gasteiger partial charge in [0.25, 0.3) is 5.91 Å². The third kappa shape index (κ3) is 4.38. The predicted molar refractivity (Wildman–Crippen MR) is 84.0 cm³/mol. The van der Waals surface area contributed by atoms with Crippen molar-refractivity contribution < 1.29 is 19.4 Å². The van der Waals surface area contributed by atoms with E-state index in [9.17, 15) is 9.59 Å². The number of carbonyl (C=O) groups excluding carboxylic acids is 1. The van der Waals surface area contributed by atoms with Gasteiger partial charge < -0.3 is 15.2 Å². The molecule has 0 aliphatic rings.